The van der Waals surface area contributed by atoms with E-state index in [1.165, 1.54) is 12.1 Å². The third kappa shape index (κ3) is 3.45. The molecule has 0 aliphatic rings. The fourth-order valence-corrected chi connectivity index (χ4v) is 1.29. The molecule has 0 heterocycles. The van der Waals surface area contributed by atoms with Gasteiger partial charge in [0.15, 0.2) is 17.9 Å². The summed E-state index contributed by atoms with van der Waals surface area (Å²) in [4.78, 5) is 10.6. The molecule has 1 aromatic carbocycles. The molecular weight excluding hydrogens is 235 g/mol. The van der Waals surface area contributed by atoms with Crippen LogP contribution in [-0.4, -0.2) is 18.0 Å². The highest BCUT2D eigenvalue weighted by molar-refractivity contribution is 5.80. The van der Waals surface area contributed by atoms with Gasteiger partial charge in [-0.25, -0.2) is 4.39 Å². The van der Waals surface area contributed by atoms with Gasteiger partial charge in [0.05, 0.1) is 5.56 Å². The van der Waals surface area contributed by atoms with Gasteiger partial charge in [-0.2, -0.15) is 0 Å². The summed E-state index contributed by atoms with van der Waals surface area (Å²) in [5.41, 5.74) is 0.524. The quantitative estimate of drug-likeness (QED) is 0.644. The number of hydrogen-bond acceptors (Lipinski definition) is 3. The van der Waals surface area contributed by atoms with E-state index in [0.717, 1.165) is 5.57 Å². The van der Waals surface area contributed by atoms with Crippen LogP contribution < -0.4 is 4.74 Å². The minimum atomic E-state index is -0.844. The number of ether oxygens (including phenoxy) is 1. The molecule has 0 saturated heterocycles. The summed E-state index contributed by atoms with van der Waals surface area (Å²) >= 11 is 0. The largest absolute Gasteiger partial charge is 0.507 e. The summed E-state index contributed by atoms with van der Waals surface area (Å²) < 4.78 is 18.9. The number of aldehydes is 1. The van der Waals surface area contributed by atoms with E-state index in [4.69, 9.17) is 4.74 Å². The number of carbonyl (C=O) groups is 1. The predicted octanol–water partition coefficient (Wildman–Crippen LogP) is 3.25. The Balaban J connectivity index is 2.83. The van der Waals surface area contributed by atoms with Gasteiger partial charge in [0, 0.05) is 0 Å². The van der Waals surface area contributed by atoms with Crippen molar-refractivity contribution in [3.8, 4) is 11.5 Å². The first-order chi connectivity index (χ1) is 8.60. The minimum absolute atomic E-state index is 0.0527. The van der Waals surface area contributed by atoms with Crippen LogP contribution in [0.1, 0.15) is 24.2 Å². The van der Waals surface area contributed by atoms with Gasteiger partial charge < -0.3 is 9.84 Å². The van der Waals surface area contributed by atoms with Gasteiger partial charge in [-0.05, 0) is 31.6 Å². The Morgan fingerprint density at radius 2 is 2.22 bits per heavy atom. The predicted molar refractivity (Wildman–Crippen MR) is 67.5 cm³/mol. The zero-order chi connectivity index (χ0) is 13.5. The number of hydrogen-bond donors (Lipinski definition) is 1. The van der Waals surface area contributed by atoms with Crippen LogP contribution in [0.15, 0.2) is 35.9 Å². The molecule has 4 heteroatoms. The van der Waals surface area contributed by atoms with E-state index in [9.17, 15) is 14.3 Å². The van der Waals surface area contributed by atoms with Crippen molar-refractivity contribution in [1.82, 2.24) is 0 Å². The summed E-state index contributed by atoms with van der Waals surface area (Å²) in [6.07, 6.45) is 5.83. The molecule has 0 radical (unpaired) electrons. The van der Waals surface area contributed by atoms with Crippen LogP contribution >= 0.6 is 0 Å². The molecule has 0 amide bonds. The third-order valence-corrected chi connectivity index (χ3v) is 2.27. The molecule has 1 rings (SSSR count). The average molecular weight is 250 g/mol. The number of aromatic hydroxyl groups is 1. The van der Waals surface area contributed by atoms with Crippen LogP contribution in [0.2, 0.25) is 0 Å². The SMILES string of the molecule is C/C=C\C=C(/C)COc1ccc(O)c(C=O)c1F. The molecule has 0 aliphatic carbocycles. The first-order valence-electron chi connectivity index (χ1n) is 5.48. The number of benzene rings is 1. The van der Waals surface area contributed by atoms with Crippen LogP contribution in [-0.2, 0) is 0 Å². The number of halogens is 1. The fraction of sp³-hybridized carbons (Fsp3) is 0.214. The van der Waals surface area contributed by atoms with Gasteiger partial charge in [-0.15, -0.1) is 0 Å². The standard InChI is InChI=1S/C14H15FO3/c1-3-4-5-10(2)9-18-13-7-6-12(17)11(8-16)14(13)15/h3-8,17H,9H2,1-2H3/b4-3-,10-5+. The lowest BCUT2D eigenvalue weighted by molar-refractivity contribution is 0.111. The Labute approximate surface area is 105 Å². The molecule has 0 saturated carbocycles. The fourth-order valence-electron chi connectivity index (χ4n) is 1.29. The molecular formula is C14H15FO3. The summed E-state index contributed by atoms with van der Waals surface area (Å²) in [6, 6.07) is 2.52. The molecule has 1 N–H and O–H groups in total. The maximum absolute atomic E-state index is 13.7. The first kappa shape index (κ1) is 14.0. The zero-order valence-electron chi connectivity index (χ0n) is 10.3. The number of phenolic OH excluding ortho intramolecular Hbond substituents is 1. The highest BCUT2D eigenvalue weighted by Crippen LogP contribution is 2.26. The molecule has 0 spiro atoms. The molecule has 1 aromatic rings. The van der Waals surface area contributed by atoms with Crippen LogP contribution in [0, 0.1) is 5.82 Å². The van der Waals surface area contributed by atoms with E-state index >= 15 is 0 Å². The van der Waals surface area contributed by atoms with Crippen LogP contribution in [0.3, 0.4) is 0 Å². The molecule has 18 heavy (non-hydrogen) atoms. The van der Waals surface area contributed by atoms with Crippen LogP contribution in [0.25, 0.3) is 0 Å². The van der Waals surface area contributed by atoms with Gasteiger partial charge >= 0.3 is 0 Å². The second kappa shape index (κ2) is 6.59. The molecule has 0 fully saturated rings. The van der Waals surface area contributed by atoms with Crippen molar-refractivity contribution in [3.05, 3.63) is 47.3 Å². The number of phenols is 1. The number of carbonyl (C=O) groups excluding carboxylic acids is 1. The normalized spacial score (nSPS) is 11.8. The van der Waals surface area contributed by atoms with Crippen LogP contribution in [0.4, 0.5) is 4.39 Å². The van der Waals surface area contributed by atoms with Crippen molar-refractivity contribution in [2.24, 2.45) is 0 Å². The number of allylic oxidation sites excluding steroid dienone is 3. The summed E-state index contributed by atoms with van der Waals surface area (Å²) in [5, 5.41) is 9.26. The van der Waals surface area contributed by atoms with E-state index in [-0.39, 0.29) is 24.2 Å². The Kier molecular flexibility index (Phi) is 5.11. The molecule has 0 aromatic heterocycles. The van der Waals surface area contributed by atoms with Gasteiger partial charge in [0.25, 0.3) is 0 Å². The van der Waals surface area contributed by atoms with E-state index in [1.807, 2.05) is 32.1 Å². The topological polar surface area (TPSA) is 46.5 Å². The smallest absolute Gasteiger partial charge is 0.179 e. The van der Waals surface area contributed by atoms with Crippen molar-refractivity contribution in [2.45, 2.75) is 13.8 Å². The molecule has 96 valence electrons. The van der Waals surface area contributed by atoms with Gasteiger partial charge in [-0.3, -0.25) is 4.79 Å². The summed E-state index contributed by atoms with van der Waals surface area (Å²) in [6.45, 7) is 3.95. The zero-order valence-corrected chi connectivity index (χ0v) is 10.3. The minimum Gasteiger partial charge on any atom is -0.507 e. The van der Waals surface area contributed by atoms with E-state index in [0.29, 0.717) is 0 Å². The van der Waals surface area contributed by atoms with Crippen molar-refractivity contribution in [3.63, 3.8) is 0 Å². The van der Waals surface area contributed by atoms with Gasteiger partial charge in [0.2, 0.25) is 0 Å². The first-order valence-corrected chi connectivity index (χ1v) is 5.48. The summed E-state index contributed by atoms with van der Waals surface area (Å²) in [5.74, 6) is -1.29. The Morgan fingerprint density at radius 1 is 1.50 bits per heavy atom. The van der Waals surface area contributed by atoms with Gasteiger partial charge in [0.1, 0.15) is 12.4 Å². The second-order valence-electron chi connectivity index (χ2n) is 3.76. The Hall–Kier alpha value is -2.10. The van der Waals surface area contributed by atoms with Gasteiger partial charge in [-0.1, -0.05) is 18.2 Å². The lowest BCUT2D eigenvalue weighted by Crippen LogP contribution is -2.02. The van der Waals surface area contributed by atoms with E-state index in [2.05, 4.69) is 0 Å². The molecule has 0 atom stereocenters. The van der Waals surface area contributed by atoms with E-state index < -0.39 is 11.6 Å². The average Bonchev–Trinajstić information content (AvgIpc) is 2.36. The molecule has 0 bridgehead atoms. The second-order valence-corrected chi connectivity index (χ2v) is 3.76. The van der Waals surface area contributed by atoms with E-state index in [1.54, 1.807) is 0 Å². The summed E-state index contributed by atoms with van der Waals surface area (Å²) in [7, 11) is 0. The lowest BCUT2D eigenvalue weighted by atomic mass is 10.2. The number of rotatable bonds is 5. The lowest BCUT2D eigenvalue weighted by Gasteiger charge is -2.09. The highest BCUT2D eigenvalue weighted by atomic mass is 19.1. The van der Waals surface area contributed by atoms with Crippen molar-refractivity contribution < 1.29 is 19.0 Å². The molecule has 3 nitrogen and oxygen atoms in total. The van der Waals surface area contributed by atoms with Crippen molar-refractivity contribution in [2.75, 3.05) is 6.61 Å². The molecule has 0 aliphatic heterocycles. The monoisotopic (exact) mass is 250 g/mol. The van der Waals surface area contributed by atoms with Crippen molar-refractivity contribution >= 4 is 6.29 Å². The Bertz CT molecular complexity index is 490. The maximum Gasteiger partial charge on any atom is 0.179 e. The third-order valence-electron chi connectivity index (χ3n) is 2.27. The van der Waals surface area contributed by atoms with Crippen molar-refractivity contribution in [1.29, 1.82) is 0 Å². The highest BCUT2D eigenvalue weighted by Gasteiger charge is 2.13. The van der Waals surface area contributed by atoms with Crippen LogP contribution in [0.5, 0.6) is 11.5 Å². The molecule has 0 unspecified atom stereocenters. The Morgan fingerprint density at radius 3 is 2.83 bits per heavy atom. The maximum atomic E-state index is 13.7.